The van der Waals surface area contributed by atoms with Crippen LogP contribution in [0.2, 0.25) is 0 Å². The molecule has 4 rings (SSSR count). The van der Waals surface area contributed by atoms with Crippen molar-refractivity contribution < 1.29 is 9.90 Å². The molecule has 1 heterocycles. The standard InChI is InChI=1S/C22H37NO2.CH4S/c1-13-12-17-15-6-7-18-21(3,11-9-19(25)23(18)5)16(15)8-10-22(17,4)20(13)14(2)24;1-2/h13-18,20,24H,6-12H2,1-5H3;2H,1H3/t13-,14?,15?,16?,17?,18?,20?,21?,22?;/m0./s1. The quantitative estimate of drug-likeness (QED) is 0.635. The second kappa shape index (κ2) is 7.55. The van der Waals surface area contributed by atoms with Crippen molar-refractivity contribution in [1.82, 2.24) is 4.90 Å². The summed E-state index contributed by atoms with van der Waals surface area (Å²) in [7, 11) is 2.04. The van der Waals surface area contributed by atoms with Gasteiger partial charge in [0.15, 0.2) is 0 Å². The first-order valence-electron chi connectivity index (χ1n) is 11.1. The Labute approximate surface area is 172 Å². The third-order valence-electron chi connectivity index (χ3n) is 9.51. The van der Waals surface area contributed by atoms with Gasteiger partial charge >= 0.3 is 0 Å². The fourth-order valence-electron chi connectivity index (χ4n) is 8.58. The summed E-state index contributed by atoms with van der Waals surface area (Å²) in [6, 6.07) is 0.450. The number of amides is 1. The summed E-state index contributed by atoms with van der Waals surface area (Å²) >= 11 is 3.53. The Balaban J connectivity index is 0.00000102. The highest BCUT2D eigenvalue weighted by molar-refractivity contribution is 7.79. The van der Waals surface area contributed by atoms with Crippen LogP contribution in [0.5, 0.6) is 0 Å². The number of hydrogen-bond donors (Lipinski definition) is 2. The van der Waals surface area contributed by atoms with E-state index < -0.39 is 0 Å². The summed E-state index contributed by atoms with van der Waals surface area (Å²) in [6.07, 6.45) is 9.64. The van der Waals surface area contributed by atoms with Gasteiger partial charge in [-0.3, -0.25) is 4.79 Å². The molecule has 27 heavy (non-hydrogen) atoms. The molecular weight excluding hydrogens is 354 g/mol. The summed E-state index contributed by atoms with van der Waals surface area (Å²) in [4.78, 5) is 14.3. The molecule has 0 radical (unpaired) electrons. The third-order valence-corrected chi connectivity index (χ3v) is 9.51. The van der Waals surface area contributed by atoms with Gasteiger partial charge in [-0.1, -0.05) is 20.8 Å². The molecule has 4 fully saturated rings. The second-order valence-corrected chi connectivity index (χ2v) is 10.5. The smallest absolute Gasteiger partial charge is 0.222 e. The highest BCUT2D eigenvalue weighted by atomic mass is 32.1. The molecular formula is C23H41NO2S. The zero-order chi connectivity index (χ0) is 20.1. The van der Waals surface area contributed by atoms with Crippen molar-refractivity contribution >= 4 is 18.5 Å². The van der Waals surface area contributed by atoms with E-state index in [2.05, 4.69) is 38.3 Å². The average molecular weight is 396 g/mol. The minimum Gasteiger partial charge on any atom is -0.393 e. The number of carbonyl (C=O) groups excluding carboxylic acids is 1. The second-order valence-electron chi connectivity index (χ2n) is 10.5. The Kier molecular flexibility index (Phi) is 6.01. The Morgan fingerprint density at radius 2 is 1.78 bits per heavy atom. The van der Waals surface area contributed by atoms with Gasteiger partial charge in [-0.2, -0.15) is 12.6 Å². The average Bonchev–Trinajstić information content (AvgIpc) is 2.90. The van der Waals surface area contributed by atoms with Gasteiger partial charge < -0.3 is 10.0 Å². The van der Waals surface area contributed by atoms with Crippen LogP contribution in [-0.4, -0.2) is 41.4 Å². The number of aliphatic hydroxyl groups excluding tert-OH is 1. The minimum absolute atomic E-state index is 0.188. The molecule has 0 bridgehead atoms. The lowest BCUT2D eigenvalue weighted by Crippen LogP contribution is -2.61. The number of hydrogen-bond acceptors (Lipinski definition) is 3. The SMILES string of the molecule is CC(O)C1[C@@H](C)CC2C3CCC4N(C)C(=O)CCC4(C)C3CCC21C.CS. The van der Waals surface area contributed by atoms with Gasteiger partial charge in [0, 0.05) is 19.5 Å². The van der Waals surface area contributed by atoms with E-state index in [1.165, 1.54) is 32.1 Å². The summed E-state index contributed by atoms with van der Waals surface area (Å²) in [5, 5.41) is 10.5. The van der Waals surface area contributed by atoms with Crippen molar-refractivity contribution in [2.45, 2.75) is 84.8 Å². The van der Waals surface area contributed by atoms with Crippen LogP contribution in [0, 0.1) is 40.4 Å². The molecule has 0 aromatic heterocycles. The molecule has 1 N–H and O–H groups in total. The number of rotatable bonds is 1. The minimum atomic E-state index is -0.188. The number of aliphatic hydroxyl groups is 1. The van der Waals surface area contributed by atoms with Gasteiger partial charge in [0.05, 0.1) is 6.10 Å². The first kappa shape index (κ1) is 21.5. The van der Waals surface area contributed by atoms with Crippen molar-refractivity contribution in [2.24, 2.45) is 40.4 Å². The Morgan fingerprint density at radius 3 is 2.41 bits per heavy atom. The summed E-state index contributed by atoms with van der Waals surface area (Å²) in [5.41, 5.74) is 0.618. The van der Waals surface area contributed by atoms with Crippen molar-refractivity contribution in [3.8, 4) is 0 Å². The molecule has 4 aliphatic rings. The van der Waals surface area contributed by atoms with Crippen molar-refractivity contribution in [2.75, 3.05) is 13.3 Å². The molecule has 3 nitrogen and oxygen atoms in total. The van der Waals surface area contributed by atoms with E-state index in [-0.39, 0.29) is 6.10 Å². The topological polar surface area (TPSA) is 40.5 Å². The number of nitrogens with zero attached hydrogens (tertiary/aromatic N) is 1. The summed E-state index contributed by atoms with van der Waals surface area (Å²) in [5.74, 6) is 3.77. The molecule has 4 heteroatoms. The van der Waals surface area contributed by atoms with Gasteiger partial charge in [-0.25, -0.2) is 0 Å². The fourth-order valence-corrected chi connectivity index (χ4v) is 8.58. The van der Waals surface area contributed by atoms with E-state index in [0.29, 0.717) is 34.6 Å². The molecule has 0 spiro atoms. The molecule has 1 amide bonds. The molecule has 1 aliphatic heterocycles. The van der Waals surface area contributed by atoms with E-state index in [1.54, 1.807) is 6.26 Å². The first-order chi connectivity index (χ1) is 12.7. The van der Waals surface area contributed by atoms with Crippen LogP contribution in [0.1, 0.15) is 72.6 Å². The first-order valence-corrected chi connectivity index (χ1v) is 12.0. The molecule has 8 unspecified atom stereocenters. The van der Waals surface area contributed by atoms with E-state index in [1.807, 2.05) is 14.0 Å². The van der Waals surface area contributed by atoms with Crippen molar-refractivity contribution in [3.63, 3.8) is 0 Å². The molecule has 1 saturated heterocycles. The van der Waals surface area contributed by atoms with E-state index in [4.69, 9.17) is 0 Å². The van der Waals surface area contributed by atoms with E-state index in [0.717, 1.165) is 30.6 Å². The van der Waals surface area contributed by atoms with Crippen LogP contribution in [0.4, 0.5) is 0 Å². The highest BCUT2D eigenvalue weighted by Gasteiger charge is 2.62. The van der Waals surface area contributed by atoms with Crippen LogP contribution in [0.3, 0.4) is 0 Å². The molecule has 3 aliphatic carbocycles. The molecule has 0 aromatic rings. The lowest BCUT2D eigenvalue weighted by molar-refractivity contribution is -0.159. The Hall–Kier alpha value is -0.220. The maximum atomic E-state index is 12.2. The predicted octanol–water partition coefficient (Wildman–Crippen LogP) is 4.64. The zero-order valence-electron chi connectivity index (χ0n) is 18.2. The molecule has 3 saturated carbocycles. The lowest BCUT2D eigenvalue weighted by atomic mass is 9.46. The highest BCUT2D eigenvalue weighted by Crippen LogP contribution is 2.67. The summed E-state index contributed by atoms with van der Waals surface area (Å²) in [6.45, 7) is 9.36. The number of fused-ring (bicyclic) bond motifs is 5. The van der Waals surface area contributed by atoms with Gasteiger partial charge in [0.2, 0.25) is 5.91 Å². The van der Waals surface area contributed by atoms with Crippen LogP contribution in [-0.2, 0) is 4.79 Å². The Morgan fingerprint density at radius 1 is 1.11 bits per heavy atom. The fraction of sp³-hybridized carbons (Fsp3) is 0.957. The van der Waals surface area contributed by atoms with Gasteiger partial charge in [0.25, 0.3) is 0 Å². The summed E-state index contributed by atoms with van der Waals surface area (Å²) < 4.78 is 0. The molecule has 156 valence electrons. The van der Waals surface area contributed by atoms with Crippen LogP contribution >= 0.6 is 12.6 Å². The number of likely N-dealkylation sites (tertiary alicyclic amines) is 1. The van der Waals surface area contributed by atoms with E-state index in [9.17, 15) is 9.90 Å². The van der Waals surface area contributed by atoms with Crippen LogP contribution in [0.15, 0.2) is 0 Å². The van der Waals surface area contributed by atoms with E-state index >= 15 is 0 Å². The maximum Gasteiger partial charge on any atom is 0.222 e. The van der Waals surface area contributed by atoms with Crippen LogP contribution in [0.25, 0.3) is 0 Å². The number of carbonyl (C=O) groups is 1. The lowest BCUT2D eigenvalue weighted by Gasteiger charge is -2.62. The predicted molar refractivity (Wildman–Crippen MR) is 115 cm³/mol. The molecule has 9 atom stereocenters. The largest absolute Gasteiger partial charge is 0.393 e. The zero-order valence-corrected chi connectivity index (χ0v) is 19.1. The normalized spacial score (nSPS) is 50.1. The van der Waals surface area contributed by atoms with Crippen LogP contribution < -0.4 is 0 Å². The number of piperidine rings is 1. The van der Waals surface area contributed by atoms with Gasteiger partial charge in [0.1, 0.15) is 0 Å². The maximum absolute atomic E-state index is 12.2. The van der Waals surface area contributed by atoms with Crippen molar-refractivity contribution in [3.05, 3.63) is 0 Å². The molecule has 0 aromatic carbocycles. The van der Waals surface area contributed by atoms with Gasteiger partial charge in [-0.05, 0) is 92.1 Å². The van der Waals surface area contributed by atoms with Gasteiger partial charge in [-0.15, -0.1) is 0 Å². The Bertz CT molecular complexity index is 567. The number of thiol groups is 1. The van der Waals surface area contributed by atoms with Crippen molar-refractivity contribution in [1.29, 1.82) is 0 Å². The third kappa shape index (κ3) is 3.08. The monoisotopic (exact) mass is 395 g/mol.